The Morgan fingerprint density at radius 2 is 1.78 bits per heavy atom. The summed E-state index contributed by atoms with van der Waals surface area (Å²) in [6, 6.07) is 16.8. The van der Waals surface area contributed by atoms with E-state index >= 15 is 0 Å². The van der Waals surface area contributed by atoms with Gasteiger partial charge in [-0.15, -0.1) is 0 Å². The highest BCUT2D eigenvalue weighted by Crippen LogP contribution is 2.09. The standard InChI is InChI=1S/C18H16N2O3/c1-13(20-17(21)14-7-3-2-4-8-14)18(22)23-12-16-10-6-5-9-15(16)11-19/h2-10,13H,12H2,1H3,(H,20,21)/t13-/m0/s1. The Kier molecular flexibility index (Phi) is 5.48. The zero-order valence-corrected chi connectivity index (χ0v) is 12.7. The molecule has 0 aliphatic heterocycles. The molecular weight excluding hydrogens is 292 g/mol. The van der Waals surface area contributed by atoms with Crippen LogP contribution in [0.3, 0.4) is 0 Å². The Bertz CT molecular complexity index is 735. The van der Waals surface area contributed by atoms with E-state index < -0.39 is 12.0 Å². The minimum atomic E-state index is -0.781. The molecule has 1 atom stereocenters. The van der Waals surface area contributed by atoms with E-state index in [1.165, 1.54) is 0 Å². The average Bonchev–Trinajstić information content (AvgIpc) is 2.60. The minimum absolute atomic E-state index is 0.00584. The first-order valence-electron chi connectivity index (χ1n) is 7.12. The maximum absolute atomic E-state index is 12.0. The van der Waals surface area contributed by atoms with Crippen molar-refractivity contribution >= 4 is 11.9 Å². The molecule has 5 heteroatoms. The van der Waals surface area contributed by atoms with Crippen LogP contribution >= 0.6 is 0 Å². The fourth-order valence-electron chi connectivity index (χ4n) is 1.96. The van der Waals surface area contributed by atoms with Gasteiger partial charge in [0.05, 0.1) is 11.6 Å². The number of benzene rings is 2. The number of esters is 1. The number of nitrogens with zero attached hydrogens (tertiary/aromatic N) is 1. The van der Waals surface area contributed by atoms with Crippen LogP contribution in [0.1, 0.15) is 28.4 Å². The van der Waals surface area contributed by atoms with Crippen molar-refractivity contribution in [3.8, 4) is 6.07 Å². The molecule has 0 unspecified atom stereocenters. The highest BCUT2D eigenvalue weighted by Gasteiger charge is 2.18. The van der Waals surface area contributed by atoms with Gasteiger partial charge in [-0.2, -0.15) is 5.26 Å². The molecule has 0 heterocycles. The maximum atomic E-state index is 12.0. The summed E-state index contributed by atoms with van der Waals surface area (Å²) < 4.78 is 5.16. The SMILES string of the molecule is C[C@H](NC(=O)c1ccccc1)C(=O)OCc1ccccc1C#N. The van der Waals surface area contributed by atoms with Crippen molar-refractivity contribution in [3.63, 3.8) is 0 Å². The first-order chi connectivity index (χ1) is 11.1. The first kappa shape index (κ1) is 16.2. The second kappa shape index (κ2) is 7.76. The van der Waals surface area contributed by atoms with Gasteiger partial charge >= 0.3 is 5.97 Å². The quantitative estimate of drug-likeness (QED) is 0.860. The molecule has 1 N–H and O–H groups in total. The lowest BCUT2D eigenvalue weighted by molar-refractivity contribution is -0.146. The Morgan fingerprint density at radius 1 is 1.13 bits per heavy atom. The lowest BCUT2D eigenvalue weighted by atomic mass is 10.1. The van der Waals surface area contributed by atoms with Crippen LogP contribution in [0.25, 0.3) is 0 Å². The molecule has 0 spiro atoms. The van der Waals surface area contributed by atoms with Crippen LogP contribution in [-0.4, -0.2) is 17.9 Å². The van der Waals surface area contributed by atoms with Crippen LogP contribution in [0.4, 0.5) is 0 Å². The summed E-state index contributed by atoms with van der Waals surface area (Å²) >= 11 is 0. The van der Waals surface area contributed by atoms with E-state index in [9.17, 15) is 9.59 Å². The topological polar surface area (TPSA) is 79.2 Å². The third-order valence-corrected chi connectivity index (χ3v) is 3.24. The van der Waals surface area contributed by atoms with Crippen molar-refractivity contribution in [1.82, 2.24) is 5.32 Å². The van der Waals surface area contributed by atoms with Crippen molar-refractivity contribution < 1.29 is 14.3 Å². The van der Waals surface area contributed by atoms with Gasteiger partial charge in [0.1, 0.15) is 12.6 Å². The van der Waals surface area contributed by atoms with E-state index in [1.54, 1.807) is 61.5 Å². The van der Waals surface area contributed by atoms with Gasteiger partial charge in [0.2, 0.25) is 0 Å². The van der Waals surface area contributed by atoms with Crippen LogP contribution in [0.5, 0.6) is 0 Å². The Hall–Kier alpha value is -3.13. The first-order valence-corrected chi connectivity index (χ1v) is 7.12. The highest BCUT2D eigenvalue weighted by atomic mass is 16.5. The summed E-state index contributed by atoms with van der Waals surface area (Å²) in [5, 5.41) is 11.6. The zero-order valence-electron chi connectivity index (χ0n) is 12.7. The number of amides is 1. The number of nitrogens with one attached hydrogen (secondary N) is 1. The highest BCUT2D eigenvalue weighted by molar-refractivity contribution is 5.96. The number of hydrogen-bond acceptors (Lipinski definition) is 4. The summed E-state index contributed by atoms with van der Waals surface area (Å²) in [5.74, 6) is -0.894. The lowest BCUT2D eigenvalue weighted by Gasteiger charge is -2.14. The van der Waals surface area contributed by atoms with Crippen molar-refractivity contribution in [1.29, 1.82) is 5.26 Å². The predicted octanol–water partition coefficient (Wildman–Crippen LogP) is 2.42. The largest absolute Gasteiger partial charge is 0.459 e. The van der Waals surface area contributed by atoms with E-state index in [0.29, 0.717) is 16.7 Å². The Morgan fingerprint density at radius 3 is 2.48 bits per heavy atom. The van der Waals surface area contributed by atoms with E-state index in [-0.39, 0.29) is 12.5 Å². The van der Waals surface area contributed by atoms with Crippen molar-refractivity contribution in [2.75, 3.05) is 0 Å². The van der Waals surface area contributed by atoms with Crippen LogP contribution in [0.2, 0.25) is 0 Å². The monoisotopic (exact) mass is 308 g/mol. The number of hydrogen-bond donors (Lipinski definition) is 1. The van der Waals surface area contributed by atoms with Crippen LogP contribution in [0.15, 0.2) is 54.6 Å². The fourth-order valence-corrected chi connectivity index (χ4v) is 1.96. The molecule has 2 aromatic rings. The molecule has 0 radical (unpaired) electrons. The molecule has 2 aromatic carbocycles. The number of nitriles is 1. The van der Waals surface area contributed by atoms with Crippen molar-refractivity contribution in [2.24, 2.45) is 0 Å². The van der Waals surface area contributed by atoms with Crippen molar-refractivity contribution in [2.45, 2.75) is 19.6 Å². The molecule has 0 aliphatic carbocycles. The van der Waals surface area contributed by atoms with Crippen LogP contribution in [0, 0.1) is 11.3 Å². The Balaban J connectivity index is 1.91. The number of carbonyl (C=O) groups is 2. The average molecular weight is 308 g/mol. The van der Waals surface area contributed by atoms with Gasteiger partial charge < -0.3 is 10.1 Å². The molecule has 0 aliphatic rings. The number of carbonyl (C=O) groups excluding carboxylic acids is 2. The molecular formula is C18H16N2O3. The van der Waals surface area contributed by atoms with E-state index in [1.807, 2.05) is 6.07 Å². The molecule has 1 amide bonds. The van der Waals surface area contributed by atoms with Gasteiger partial charge in [-0.05, 0) is 25.1 Å². The zero-order chi connectivity index (χ0) is 16.7. The molecule has 0 fully saturated rings. The van der Waals surface area contributed by atoms with Gasteiger partial charge in [-0.3, -0.25) is 4.79 Å². The van der Waals surface area contributed by atoms with E-state index in [4.69, 9.17) is 10.00 Å². The number of rotatable bonds is 5. The minimum Gasteiger partial charge on any atom is -0.459 e. The Labute approximate surface area is 134 Å². The number of ether oxygens (including phenoxy) is 1. The van der Waals surface area contributed by atoms with E-state index in [2.05, 4.69) is 5.32 Å². The van der Waals surface area contributed by atoms with E-state index in [0.717, 1.165) is 0 Å². The van der Waals surface area contributed by atoms with Crippen LogP contribution in [-0.2, 0) is 16.1 Å². The summed E-state index contributed by atoms with van der Waals surface area (Å²) in [6.45, 7) is 1.55. The normalized spacial score (nSPS) is 11.1. The predicted molar refractivity (Wildman–Crippen MR) is 84.3 cm³/mol. The maximum Gasteiger partial charge on any atom is 0.328 e. The molecule has 5 nitrogen and oxygen atoms in total. The van der Waals surface area contributed by atoms with Gasteiger partial charge in [-0.25, -0.2) is 4.79 Å². The van der Waals surface area contributed by atoms with Gasteiger partial charge in [0.15, 0.2) is 0 Å². The molecule has 116 valence electrons. The molecule has 23 heavy (non-hydrogen) atoms. The smallest absolute Gasteiger partial charge is 0.328 e. The lowest BCUT2D eigenvalue weighted by Crippen LogP contribution is -2.39. The van der Waals surface area contributed by atoms with Gasteiger partial charge in [0.25, 0.3) is 5.91 Å². The summed E-state index contributed by atoms with van der Waals surface area (Å²) in [7, 11) is 0. The molecule has 0 bridgehead atoms. The summed E-state index contributed by atoms with van der Waals surface area (Å²) in [4.78, 5) is 23.9. The second-order valence-electron chi connectivity index (χ2n) is 4.94. The summed E-state index contributed by atoms with van der Waals surface area (Å²) in [6.07, 6.45) is 0. The fraction of sp³-hybridized carbons (Fsp3) is 0.167. The van der Waals surface area contributed by atoms with Gasteiger partial charge in [0, 0.05) is 11.1 Å². The van der Waals surface area contributed by atoms with Gasteiger partial charge in [-0.1, -0.05) is 36.4 Å². The second-order valence-corrected chi connectivity index (χ2v) is 4.94. The molecule has 0 saturated carbocycles. The molecule has 2 rings (SSSR count). The van der Waals surface area contributed by atoms with Crippen LogP contribution < -0.4 is 5.32 Å². The summed E-state index contributed by atoms with van der Waals surface area (Å²) in [5.41, 5.74) is 1.56. The molecule has 0 saturated heterocycles. The third kappa shape index (κ3) is 4.42. The molecule has 0 aromatic heterocycles. The van der Waals surface area contributed by atoms with Crippen molar-refractivity contribution in [3.05, 3.63) is 71.3 Å². The third-order valence-electron chi connectivity index (χ3n) is 3.24.